The van der Waals surface area contributed by atoms with Crippen LogP contribution in [0.4, 0.5) is 4.39 Å². The van der Waals surface area contributed by atoms with Gasteiger partial charge in [-0.15, -0.1) is 0 Å². The molecule has 27 heavy (non-hydrogen) atoms. The summed E-state index contributed by atoms with van der Waals surface area (Å²) in [5.74, 6) is 0.502. The SMILES string of the molecule is CC1(F)CCC(CNC(=O)c2cc(C3CCOC3)n3cccc(Cl)c23)CC1. The number of amides is 1. The van der Waals surface area contributed by atoms with E-state index >= 15 is 0 Å². The lowest BCUT2D eigenvalue weighted by Gasteiger charge is -2.31. The van der Waals surface area contributed by atoms with Crippen molar-refractivity contribution in [1.82, 2.24) is 9.72 Å². The maximum absolute atomic E-state index is 14.0. The van der Waals surface area contributed by atoms with E-state index < -0.39 is 5.67 Å². The highest BCUT2D eigenvalue weighted by Crippen LogP contribution is 2.35. The van der Waals surface area contributed by atoms with E-state index in [1.54, 1.807) is 6.92 Å². The molecule has 3 heterocycles. The van der Waals surface area contributed by atoms with Crippen LogP contribution >= 0.6 is 11.6 Å². The molecule has 0 bridgehead atoms. The van der Waals surface area contributed by atoms with E-state index in [1.165, 1.54) is 0 Å². The van der Waals surface area contributed by atoms with Crippen molar-refractivity contribution in [2.75, 3.05) is 19.8 Å². The first-order valence-electron chi connectivity index (χ1n) is 9.79. The van der Waals surface area contributed by atoms with Gasteiger partial charge in [-0.05, 0) is 63.1 Å². The van der Waals surface area contributed by atoms with Crippen molar-refractivity contribution in [3.8, 4) is 0 Å². The first-order chi connectivity index (χ1) is 12.9. The Balaban J connectivity index is 1.53. The molecule has 1 N–H and O–H groups in total. The van der Waals surface area contributed by atoms with Crippen LogP contribution in [0.3, 0.4) is 0 Å². The van der Waals surface area contributed by atoms with Gasteiger partial charge in [0.05, 0.1) is 22.7 Å². The Bertz CT molecular complexity index is 832. The zero-order chi connectivity index (χ0) is 19.0. The number of hydrogen-bond donors (Lipinski definition) is 1. The number of carbonyl (C=O) groups is 1. The first-order valence-corrected chi connectivity index (χ1v) is 10.2. The van der Waals surface area contributed by atoms with E-state index in [2.05, 4.69) is 5.32 Å². The molecule has 1 aliphatic heterocycles. The molecule has 2 fully saturated rings. The smallest absolute Gasteiger partial charge is 0.253 e. The van der Waals surface area contributed by atoms with E-state index in [0.29, 0.717) is 42.5 Å². The van der Waals surface area contributed by atoms with Crippen LogP contribution in [0.25, 0.3) is 5.52 Å². The number of pyridine rings is 1. The fraction of sp³-hybridized carbons (Fsp3) is 0.571. The third-order valence-electron chi connectivity index (χ3n) is 6.06. The maximum Gasteiger partial charge on any atom is 0.253 e. The van der Waals surface area contributed by atoms with Gasteiger partial charge in [-0.25, -0.2) is 4.39 Å². The molecular formula is C21H26ClFN2O2. The fourth-order valence-corrected chi connectivity index (χ4v) is 4.58. The second kappa shape index (κ2) is 7.44. The van der Waals surface area contributed by atoms with Crippen molar-refractivity contribution in [2.24, 2.45) is 5.92 Å². The number of nitrogens with one attached hydrogen (secondary N) is 1. The van der Waals surface area contributed by atoms with Crippen molar-refractivity contribution < 1.29 is 13.9 Å². The molecule has 6 heteroatoms. The molecule has 4 nitrogen and oxygen atoms in total. The van der Waals surface area contributed by atoms with Crippen LogP contribution in [0.5, 0.6) is 0 Å². The lowest BCUT2D eigenvalue weighted by Crippen LogP contribution is -2.34. The highest BCUT2D eigenvalue weighted by Gasteiger charge is 2.31. The molecule has 2 aliphatic rings. The fourth-order valence-electron chi connectivity index (χ4n) is 4.31. The van der Waals surface area contributed by atoms with Gasteiger partial charge in [0.1, 0.15) is 5.67 Å². The quantitative estimate of drug-likeness (QED) is 0.816. The topological polar surface area (TPSA) is 42.7 Å². The number of ether oxygens (including phenoxy) is 1. The van der Waals surface area contributed by atoms with Crippen LogP contribution in [0.15, 0.2) is 24.4 Å². The van der Waals surface area contributed by atoms with Crippen LogP contribution in [0, 0.1) is 5.92 Å². The summed E-state index contributed by atoms with van der Waals surface area (Å²) >= 11 is 6.43. The largest absolute Gasteiger partial charge is 0.381 e. The molecule has 0 aromatic carbocycles. The van der Waals surface area contributed by atoms with Crippen molar-refractivity contribution in [3.05, 3.63) is 40.7 Å². The highest BCUT2D eigenvalue weighted by molar-refractivity contribution is 6.34. The number of halogens is 2. The van der Waals surface area contributed by atoms with Crippen molar-refractivity contribution in [1.29, 1.82) is 0 Å². The molecule has 1 amide bonds. The maximum atomic E-state index is 14.0. The van der Waals surface area contributed by atoms with E-state index in [9.17, 15) is 9.18 Å². The van der Waals surface area contributed by atoms with E-state index in [-0.39, 0.29) is 11.8 Å². The summed E-state index contributed by atoms with van der Waals surface area (Å²) < 4.78 is 21.5. The average Bonchev–Trinajstić information content (AvgIpc) is 3.28. The minimum Gasteiger partial charge on any atom is -0.381 e. The van der Waals surface area contributed by atoms with Crippen molar-refractivity contribution >= 4 is 23.0 Å². The summed E-state index contributed by atoms with van der Waals surface area (Å²) in [6.07, 6.45) is 5.67. The Morgan fingerprint density at radius 2 is 2.19 bits per heavy atom. The second-order valence-corrected chi connectivity index (χ2v) is 8.59. The predicted octanol–water partition coefficient (Wildman–Crippen LogP) is 4.74. The van der Waals surface area contributed by atoms with Gasteiger partial charge >= 0.3 is 0 Å². The van der Waals surface area contributed by atoms with Crippen molar-refractivity contribution in [2.45, 2.75) is 50.6 Å². The summed E-state index contributed by atoms with van der Waals surface area (Å²) in [4.78, 5) is 12.9. The van der Waals surface area contributed by atoms with Gasteiger partial charge in [0.2, 0.25) is 0 Å². The summed E-state index contributed by atoms with van der Waals surface area (Å²) in [7, 11) is 0. The monoisotopic (exact) mass is 392 g/mol. The molecule has 4 rings (SSSR count). The zero-order valence-electron chi connectivity index (χ0n) is 15.6. The normalized spacial score (nSPS) is 28.6. The Morgan fingerprint density at radius 3 is 2.89 bits per heavy atom. The van der Waals surface area contributed by atoms with Crippen molar-refractivity contribution in [3.63, 3.8) is 0 Å². The first kappa shape index (κ1) is 18.8. The molecule has 1 saturated carbocycles. The van der Waals surface area contributed by atoms with Crippen LogP contribution < -0.4 is 5.32 Å². The Kier molecular flexibility index (Phi) is 5.17. The third kappa shape index (κ3) is 3.85. The number of carbonyl (C=O) groups excluding carboxylic acids is 1. The average molecular weight is 393 g/mol. The lowest BCUT2D eigenvalue weighted by atomic mass is 9.81. The van der Waals surface area contributed by atoms with Crippen LogP contribution in [0.1, 0.15) is 61.0 Å². The summed E-state index contributed by atoms with van der Waals surface area (Å²) in [6, 6.07) is 5.66. The van der Waals surface area contributed by atoms with Gasteiger partial charge in [0.25, 0.3) is 5.91 Å². The Labute approximate surface area is 164 Å². The summed E-state index contributed by atoms with van der Waals surface area (Å²) in [5.41, 5.74) is 1.37. The molecule has 1 unspecified atom stereocenters. The third-order valence-corrected chi connectivity index (χ3v) is 6.37. The van der Waals surface area contributed by atoms with Crippen LogP contribution in [-0.2, 0) is 4.74 Å². The van der Waals surface area contributed by atoms with Gasteiger partial charge in [-0.2, -0.15) is 0 Å². The number of aromatic nitrogens is 1. The number of hydrogen-bond acceptors (Lipinski definition) is 2. The Hall–Kier alpha value is -1.59. The Morgan fingerprint density at radius 1 is 1.41 bits per heavy atom. The second-order valence-electron chi connectivity index (χ2n) is 8.18. The lowest BCUT2D eigenvalue weighted by molar-refractivity contribution is 0.0894. The molecule has 146 valence electrons. The molecule has 2 aromatic rings. The number of nitrogens with zero attached hydrogens (tertiary/aromatic N) is 1. The zero-order valence-corrected chi connectivity index (χ0v) is 16.4. The summed E-state index contributed by atoms with van der Waals surface area (Å²) in [6.45, 7) is 3.67. The van der Waals surface area contributed by atoms with E-state index in [1.807, 2.05) is 28.8 Å². The number of fused-ring (bicyclic) bond motifs is 1. The molecule has 0 radical (unpaired) electrons. The predicted molar refractivity (Wildman–Crippen MR) is 104 cm³/mol. The number of rotatable bonds is 4. The van der Waals surface area contributed by atoms with Crippen LogP contribution in [-0.4, -0.2) is 35.7 Å². The molecule has 1 aliphatic carbocycles. The van der Waals surface area contributed by atoms with E-state index in [4.69, 9.17) is 16.3 Å². The van der Waals surface area contributed by atoms with Crippen LogP contribution in [0.2, 0.25) is 5.02 Å². The number of alkyl halides is 1. The minimum atomic E-state index is -1.05. The van der Waals surface area contributed by atoms with E-state index in [0.717, 1.165) is 37.1 Å². The minimum absolute atomic E-state index is 0.112. The highest BCUT2D eigenvalue weighted by atomic mass is 35.5. The van der Waals surface area contributed by atoms with Gasteiger partial charge in [0, 0.05) is 31.0 Å². The summed E-state index contributed by atoms with van der Waals surface area (Å²) in [5, 5.41) is 3.62. The van der Waals surface area contributed by atoms with Gasteiger partial charge in [-0.1, -0.05) is 11.6 Å². The molecule has 1 saturated heterocycles. The molecule has 2 aromatic heterocycles. The van der Waals surface area contributed by atoms with Gasteiger partial charge < -0.3 is 14.5 Å². The van der Waals surface area contributed by atoms with Gasteiger partial charge in [0.15, 0.2) is 0 Å². The molecule has 0 spiro atoms. The van der Waals surface area contributed by atoms with Gasteiger partial charge in [-0.3, -0.25) is 4.79 Å². The molecule has 1 atom stereocenters. The molecular weight excluding hydrogens is 367 g/mol. The standard InChI is InChI=1S/C21H26ClFN2O2/c1-21(23)7-4-14(5-8-21)12-24-20(26)16-11-18(15-6-10-27-13-15)25-9-2-3-17(22)19(16)25/h2-3,9,11,14-15H,4-8,10,12-13H2,1H3,(H,24,26).